The molecule has 2 heterocycles. The van der Waals surface area contributed by atoms with Crippen molar-refractivity contribution in [3.63, 3.8) is 0 Å². The van der Waals surface area contributed by atoms with E-state index in [1.165, 1.54) is 0 Å². The second-order valence-corrected chi connectivity index (χ2v) is 7.16. The number of carboxylic acids is 2. The molecule has 1 aliphatic heterocycles. The highest BCUT2D eigenvalue weighted by molar-refractivity contribution is 6.35. The zero-order chi connectivity index (χ0) is 23.2. The number of carbonyl (C=O) groups is 2. The van der Waals surface area contributed by atoms with E-state index in [0.29, 0.717) is 15.7 Å². The fraction of sp³-hybridized carbons (Fsp3) is 0.412. The SMILES string of the molecule is O=C(O)C(F)(F)F.O=C(O)c1n[nH]nc1COC1CCN(c2cc(Cl)ccc2Cl)CC1. The van der Waals surface area contributed by atoms with E-state index >= 15 is 0 Å². The van der Waals surface area contributed by atoms with Gasteiger partial charge in [-0.05, 0) is 31.0 Å². The van der Waals surface area contributed by atoms with Crippen LogP contribution in [0, 0.1) is 0 Å². The number of rotatable bonds is 5. The van der Waals surface area contributed by atoms with Crippen LogP contribution >= 0.6 is 23.2 Å². The Hall–Kier alpha value is -2.57. The quantitative estimate of drug-likeness (QED) is 0.586. The summed E-state index contributed by atoms with van der Waals surface area (Å²) < 4.78 is 37.5. The van der Waals surface area contributed by atoms with Crippen LogP contribution in [0.5, 0.6) is 0 Å². The summed E-state index contributed by atoms with van der Waals surface area (Å²) in [4.78, 5) is 22.1. The number of piperidine rings is 1. The number of aromatic nitrogens is 3. The highest BCUT2D eigenvalue weighted by atomic mass is 35.5. The normalized spacial score (nSPS) is 14.7. The molecule has 0 atom stereocenters. The predicted molar refractivity (Wildman–Crippen MR) is 104 cm³/mol. The molecule has 3 N–H and O–H groups in total. The van der Waals surface area contributed by atoms with Crippen molar-refractivity contribution < 1.29 is 37.7 Å². The largest absolute Gasteiger partial charge is 0.490 e. The maximum absolute atomic E-state index is 11.0. The van der Waals surface area contributed by atoms with Crippen LogP contribution in [0.1, 0.15) is 29.0 Å². The molecule has 170 valence electrons. The molecule has 0 amide bonds. The number of ether oxygens (including phenoxy) is 1. The first-order valence-electron chi connectivity index (χ1n) is 8.73. The van der Waals surface area contributed by atoms with Gasteiger partial charge in [-0.3, -0.25) is 0 Å². The van der Waals surface area contributed by atoms with Crippen molar-refractivity contribution in [2.45, 2.75) is 31.7 Å². The Labute approximate surface area is 183 Å². The molecule has 9 nitrogen and oxygen atoms in total. The summed E-state index contributed by atoms with van der Waals surface area (Å²) in [6, 6.07) is 5.42. The molecule has 31 heavy (non-hydrogen) atoms. The van der Waals surface area contributed by atoms with E-state index in [0.717, 1.165) is 31.6 Å². The van der Waals surface area contributed by atoms with E-state index in [9.17, 15) is 18.0 Å². The number of nitrogens with one attached hydrogen (secondary N) is 1. The van der Waals surface area contributed by atoms with E-state index in [1.807, 2.05) is 6.07 Å². The zero-order valence-electron chi connectivity index (χ0n) is 15.7. The molecule has 0 unspecified atom stereocenters. The first kappa shape index (κ1) is 24.7. The molecule has 0 bridgehead atoms. The third-order valence-corrected chi connectivity index (χ3v) is 4.77. The highest BCUT2D eigenvalue weighted by Crippen LogP contribution is 2.31. The monoisotopic (exact) mass is 484 g/mol. The van der Waals surface area contributed by atoms with E-state index in [4.69, 9.17) is 42.9 Å². The van der Waals surface area contributed by atoms with Gasteiger partial charge in [-0.2, -0.15) is 23.5 Å². The van der Waals surface area contributed by atoms with E-state index in [2.05, 4.69) is 20.3 Å². The van der Waals surface area contributed by atoms with Crippen LogP contribution in [0.15, 0.2) is 18.2 Å². The first-order chi connectivity index (χ1) is 14.5. The van der Waals surface area contributed by atoms with Gasteiger partial charge in [0.2, 0.25) is 0 Å². The second-order valence-electron chi connectivity index (χ2n) is 6.32. The van der Waals surface area contributed by atoms with Crippen molar-refractivity contribution in [2.75, 3.05) is 18.0 Å². The number of nitrogens with zero attached hydrogens (tertiary/aromatic N) is 3. The number of aromatic carboxylic acids is 1. The molecule has 14 heteroatoms. The number of aliphatic carboxylic acids is 1. The third kappa shape index (κ3) is 7.26. The van der Waals surface area contributed by atoms with Crippen molar-refractivity contribution >= 4 is 40.8 Å². The molecule has 0 spiro atoms. The molecule has 3 rings (SSSR count). The van der Waals surface area contributed by atoms with Gasteiger partial charge in [0.25, 0.3) is 0 Å². The van der Waals surface area contributed by atoms with E-state index in [1.54, 1.807) is 12.1 Å². The zero-order valence-corrected chi connectivity index (χ0v) is 17.2. The van der Waals surface area contributed by atoms with Crippen molar-refractivity contribution in [3.05, 3.63) is 39.6 Å². The second kappa shape index (κ2) is 10.6. The number of hydrogen-bond donors (Lipinski definition) is 3. The Bertz CT molecular complexity index is 917. The van der Waals surface area contributed by atoms with Gasteiger partial charge in [-0.25, -0.2) is 9.59 Å². The average Bonchev–Trinajstić information content (AvgIpc) is 3.17. The molecule has 0 aliphatic carbocycles. The fourth-order valence-electron chi connectivity index (χ4n) is 2.71. The van der Waals surface area contributed by atoms with Crippen LogP contribution in [0.25, 0.3) is 0 Å². The van der Waals surface area contributed by atoms with Gasteiger partial charge in [0.05, 0.1) is 23.4 Å². The van der Waals surface area contributed by atoms with Gasteiger partial charge in [-0.15, -0.1) is 5.10 Å². The molecule has 1 fully saturated rings. The van der Waals surface area contributed by atoms with Gasteiger partial charge < -0.3 is 19.8 Å². The average molecular weight is 485 g/mol. The van der Waals surface area contributed by atoms with Gasteiger partial charge >= 0.3 is 18.1 Å². The lowest BCUT2D eigenvalue weighted by atomic mass is 10.1. The minimum absolute atomic E-state index is 0.0394. The topological polar surface area (TPSA) is 129 Å². The first-order valence-corrected chi connectivity index (χ1v) is 9.49. The molecule has 0 saturated carbocycles. The molecular formula is C17H17Cl2F3N4O5. The lowest BCUT2D eigenvalue weighted by molar-refractivity contribution is -0.192. The van der Waals surface area contributed by atoms with E-state index in [-0.39, 0.29) is 18.4 Å². The predicted octanol–water partition coefficient (Wildman–Crippen LogP) is 3.63. The molecular weight excluding hydrogens is 468 g/mol. The van der Waals surface area contributed by atoms with E-state index < -0.39 is 18.1 Å². The molecule has 2 aromatic rings. The summed E-state index contributed by atoms with van der Waals surface area (Å²) in [5.74, 6) is -3.87. The van der Waals surface area contributed by atoms with Crippen molar-refractivity contribution in [2.24, 2.45) is 0 Å². The number of aromatic amines is 1. The summed E-state index contributed by atoms with van der Waals surface area (Å²) in [6.45, 7) is 1.70. The van der Waals surface area contributed by atoms with Crippen molar-refractivity contribution in [1.29, 1.82) is 0 Å². The smallest absolute Gasteiger partial charge is 0.476 e. The standard InChI is InChI=1S/C15H16Cl2N4O3.C2HF3O2/c16-9-1-2-11(17)13(7-9)21-5-3-10(4-6-21)24-8-12-14(15(22)23)19-20-18-12;3-2(4,5)1(6)7/h1-2,7,10H,3-6,8H2,(H,22,23)(H,18,19,20);(H,6,7). The van der Waals surface area contributed by atoms with Crippen LogP contribution in [-0.4, -0.2) is 62.9 Å². The van der Waals surface area contributed by atoms with Crippen molar-refractivity contribution in [3.8, 4) is 0 Å². The maximum atomic E-state index is 11.0. The highest BCUT2D eigenvalue weighted by Gasteiger charge is 2.38. The lowest BCUT2D eigenvalue weighted by Gasteiger charge is -2.34. The van der Waals surface area contributed by atoms with Gasteiger partial charge in [0.1, 0.15) is 5.69 Å². The summed E-state index contributed by atoms with van der Waals surface area (Å²) in [5, 5.41) is 27.2. The summed E-state index contributed by atoms with van der Waals surface area (Å²) >= 11 is 12.3. The Kier molecular flexibility index (Phi) is 8.48. The van der Waals surface area contributed by atoms with Crippen LogP contribution in [0.2, 0.25) is 10.0 Å². The number of benzene rings is 1. The Balaban J connectivity index is 0.000000423. The van der Waals surface area contributed by atoms with Crippen LogP contribution in [0.3, 0.4) is 0 Å². The number of anilines is 1. The summed E-state index contributed by atoms with van der Waals surface area (Å²) in [5.41, 5.74) is 1.13. The molecule has 1 saturated heterocycles. The lowest BCUT2D eigenvalue weighted by Crippen LogP contribution is -2.37. The Morgan fingerprint density at radius 3 is 2.35 bits per heavy atom. The number of carboxylic acid groups (broad SMARTS) is 2. The van der Waals surface area contributed by atoms with Crippen molar-refractivity contribution in [1.82, 2.24) is 15.4 Å². The number of alkyl halides is 3. The Morgan fingerprint density at radius 2 is 1.81 bits per heavy atom. The Morgan fingerprint density at radius 1 is 1.19 bits per heavy atom. The fourth-order valence-corrected chi connectivity index (χ4v) is 3.12. The minimum atomic E-state index is -5.08. The molecule has 0 radical (unpaired) electrons. The summed E-state index contributed by atoms with van der Waals surface area (Å²) in [7, 11) is 0. The number of H-pyrrole nitrogens is 1. The number of hydrogen-bond acceptors (Lipinski definition) is 6. The molecule has 1 aromatic heterocycles. The minimum Gasteiger partial charge on any atom is -0.476 e. The number of halogens is 5. The van der Waals surface area contributed by atoms with Crippen LogP contribution in [-0.2, 0) is 16.1 Å². The maximum Gasteiger partial charge on any atom is 0.490 e. The van der Waals surface area contributed by atoms with Gasteiger partial charge in [-0.1, -0.05) is 23.2 Å². The molecule has 1 aromatic carbocycles. The third-order valence-electron chi connectivity index (χ3n) is 4.21. The van der Waals surface area contributed by atoms with Gasteiger partial charge in [0, 0.05) is 18.1 Å². The molecule has 1 aliphatic rings. The van der Waals surface area contributed by atoms with Crippen LogP contribution in [0.4, 0.5) is 18.9 Å². The van der Waals surface area contributed by atoms with Crippen LogP contribution < -0.4 is 4.90 Å². The van der Waals surface area contributed by atoms with Gasteiger partial charge in [0.15, 0.2) is 5.69 Å². The summed E-state index contributed by atoms with van der Waals surface area (Å²) in [6.07, 6.45) is -3.43.